The molecule has 0 unspecified atom stereocenters. The maximum Gasteiger partial charge on any atom is 0.102 e. The van der Waals surface area contributed by atoms with E-state index in [1.54, 1.807) is 10.9 Å². The molecule has 0 aliphatic carbocycles. The molecule has 3 aromatic rings. The molecule has 4 nitrogen and oxygen atoms in total. The third-order valence-electron chi connectivity index (χ3n) is 3.24. The van der Waals surface area contributed by atoms with Gasteiger partial charge in [0, 0.05) is 35.8 Å². The molecule has 0 radical (unpaired) electrons. The van der Waals surface area contributed by atoms with Gasteiger partial charge in [0.25, 0.3) is 0 Å². The van der Waals surface area contributed by atoms with Gasteiger partial charge in [0.15, 0.2) is 0 Å². The van der Waals surface area contributed by atoms with Crippen LogP contribution in [0, 0.1) is 18.3 Å². The normalized spacial score (nSPS) is 9.86. The lowest BCUT2D eigenvalue weighted by atomic mass is 10.00. The third-order valence-corrected chi connectivity index (χ3v) is 3.24. The van der Waals surface area contributed by atoms with Crippen LogP contribution in [0.4, 0.5) is 0 Å². The summed E-state index contributed by atoms with van der Waals surface area (Å²) in [6, 6.07) is 8.22. The lowest BCUT2D eigenvalue weighted by Gasteiger charge is -2.06. The minimum Gasteiger partial charge on any atom is -0.275 e. The van der Waals surface area contributed by atoms with Crippen LogP contribution in [0.2, 0.25) is 0 Å². The van der Waals surface area contributed by atoms with Gasteiger partial charge in [0.2, 0.25) is 0 Å². The Bertz CT molecular complexity index is 809. The number of rotatable bonds is 1. The Balaban J connectivity index is 0.000000774. The van der Waals surface area contributed by atoms with Gasteiger partial charge in [-0.15, -0.1) is 0 Å². The van der Waals surface area contributed by atoms with Crippen LogP contribution in [0.25, 0.3) is 22.0 Å². The predicted molar refractivity (Wildman–Crippen MR) is 84.7 cm³/mol. The first-order chi connectivity index (χ1) is 10.2. The summed E-state index contributed by atoms with van der Waals surface area (Å²) >= 11 is 0. The largest absolute Gasteiger partial charge is 0.275 e. The molecule has 0 aliphatic heterocycles. The second kappa shape index (κ2) is 6.19. The van der Waals surface area contributed by atoms with Gasteiger partial charge < -0.3 is 0 Å². The molecule has 0 atom stereocenters. The molecule has 0 fully saturated rings. The van der Waals surface area contributed by atoms with Crippen molar-refractivity contribution in [1.82, 2.24) is 14.8 Å². The lowest BCUT2D eigenvalue weighted by molar-refractivity contribution is 0.768. The summed E-state index contributed by atoms with van der Waals surface area (Å²) in [5.74, 6) is 0. The van der Waals surface area contributed by atoms with E-state index in [9.17, 15) is 5.26 Å². The van der Waals surface area contributed by atoms with E-state index in [1.807, 2.05) is 58.4 Å². The van der Waals surface area contributed by atoms with Crippen molar-refractivity contribution in [2.45, 2.75) is 20.8 Å². The number of hydrogen-bond acceptors (Lipinski definition) is 3. The smallest absolute Gasteiger partial charge is 0.102 e. The number of nitriles is 1. The molecule has 0 amide bonds. The Labute approximate surface area is 124 Å². The monoisotopic (exact) mass is 278 g/mol. The van der Waals surface area contributed by atoms with Gasteiger partial charge >= 0.3 is 0 Å². The maximum absolute atomic E-state index is 9.46. The number of aromatic nitrogens is 3. The lowest BCUT2D eigenvalue weighted by Crippen LogP contribution is -1.92. The van der Waals surface area contributed by atoms with Crippen molar-refractivity contribution in [3.05, 3.63) is 47.9 Å². The van der Waals surface area contributed by atoms with Crippen molar-refractivity contribution < 1.29 is 0 Å². The van der Waals surface area contributed by atoms with Crippen molar-refractivity contribution in [3.63, 3.8) is 0 Å². The van der Waals surface area contributed by atoms with E-state index in [1.165, 1.54) is 0 Å². The molecule has 0 saturated heterocycles. The standard InChI is InChI=1S/C15H12N4.C2H6/c1-10-4-3-5-12-13(6-16)15(17-8-14(10)12)11-7-18-19(2)9-11;1-2/h3-5,7-9H,1-2H3;1-2H3. The zero-order chi connectivity index (χ0) is 15.4. The van der Waals surface area contributed by atoms with Crippen LogP contribution in [0.3, 0.4) is 0 Å². The Kier molecular flexibility index (Phi) is 4.34. The first-order valence-corrected chi connectivity index (χ1v) is 6.98. The molecule has 0 aliphatic rings. The highest BCUT2D eigenvalue weighted by atomic mass is 15.2. The molecular formula is C17H18N4. The fourth-order valence-corrected chi connectivity index (χ4v) is 2.27. The first-order valence-electron chi connectivity index (χ1n) is 6.98. The van der Waals surface area contributed by atoms with Crippen LogP contribution >= 0.6 is 0 Å². The van der Waals surface area contributed by atoms with Gasteiger partial charge in [0.05, 0.1) is 17.5 Å². The van der Waals surface area contributed by atoms with Crippen LogP contribution in [0.1, 0.15) is 25.0 Å². The van der Waals surface area contributed by atoms with E-state index in [0.717, 1.165) is 21.9 Å². The van der Waals surface area contributed by atoms with Gasteiger partial charge in [-0.05, 0) is 12.5 Å². The Morgan fingerprint density at radius 1 is 1.14 bits per heavy atom. The summed E-state index contributed by atoms with van der Waals surface area (Å²) in [5.41, 5.74) is 3.28. The summed E-state index contributed by atoms with van der Waals surface area (Å²) in [6.45, 7) is 6.02. The highest BCUT2D eigenvalue weighted by molar-refractivity contribution is 5.93. The van der Waals surface area contributed by atoms with E-state index >= 15 is 0 Å². The predicted octanol–water partition coefficient (Wildman–Crippen LogP) is 3.84. The zero-order valence-corrected chi connectivity index (χ0v) is 12.8. The zero-order valence-electron chi connectivity index (χ0n) is 12.8. The number of nitrogens with zero attached hydrogens (tertiary/aromatic N) is 4. The van der Waals surface area contributed by atoms with E-state index < -0.39 is 0 Å². The van der Waals surface area contributed by atoms with Crippen molar-refractivity contribution in [2.24, 2.45) is 7.05 Å². The number of pyridine rings is 1. The molecule has 0 N–H and O–H groups in total. The summed E-state index contributed by atoms with van der Waals surface area (Å²) in [7, 11) is 1.85. The Morgan fingerprint density at radius 2 is 1.90 bits per heavy atom. The minimum absolute atomic E-state index is 0.606. The fraction of sp³-hybridized carbons (Fsp3) is 0.235. The topological polar surface area (TPSA) is 54.5 Å². The molecule has 21 heavy (non-hydrogen) atoms. The highest BCUT2D eigenvalue weighted by Crippen LogP contribution is 2.28. The van der Waals surface area contributed by atoms with Crippen molar-refractivity contribution in [1.29, 1.82) is 5.26 Å². The van der Waals surface area contributed by atoms with Crippen LogP contribution in [-0.4, -0.2) is 14.8 Å². The summed E-state index contributed by atoms with van der Waals surface area (Å²) < 4.78 is 1.71. The summed E-state index contributed by atoms with van der Waals surface area (Å²) in [4.78, 5) is 4.45. The maximum atomic E-state index is 9.46. The van der Waals surface area contributed by atoms with Gasteiger partial charge in [-0.1, -0.05) is 32.0 Å². The number of hydrogen-bond donors (Lipinski definition) is 0. The van der Waals surface area contributed by atoms with Gasteiger partial charge in [-0.25, -0.2) is 0 Å². The Hall–Kier alpha value is -2.67. The number of benzene rings is 1. The number of aryl methyl sites for hydroxylation is 2. The summed E-state index contributed by atoms with van der Waals surface area (Å²) in [5, 5.41) is 15.6. The van der Waals surface area contributed by atoms with Gasteiger partial charge in [0.1, 0.15) is 6.07 Å². The van der Waals surface area contributed by atoms with E-state index in [2.05, 4.69) is 16.2 Å². The average Bonchev–Trinajstić information content (AvgIpc) is 2.95. The molecule has 4 heteroatoms. The second-order valence-electron chi connectivity index (χ2n) is 4.53. The van der Waals surface area contributed by atoms with E-state index in [4.69, 9.17) is 0 Å². The molecule has 0 spiro atoms. The van der Waals surface area contributed by atoms with Crippen molar-refractivity contribution in [3.8, 4) is 17.3 Å². The molecule has 0 bridgehead atoms. The summed E-state index contributed by atoms with van der Waals surface area (Å²) in [6.07, 6.45) is 5.42. The number of fused-ring (bicyclic) bond motifs is 1. The third kappa shape index (κ3) is 2.63. The minimum atomic E-state index is 0.606. The van der Waals surface area contributed by atoms with Crippen LogP contribution in [-0.2, 0) is 7.05 Å². The van der Waals surface area contributed by atoms with E-state index in [-0.39, 0.29) is 0 Å². The average molecular weight is 278 g/mol. The van der Waals surface area contributed by atoms with Crippen LogP contribution < -0.4 is 0 Å². The van der Waals surface area contributed by atoms with Crippen LogP contribution in [0.5, 0.6) is 0 Å². The second-order valence-corrected chi connectivity index (χ2v) is 4.53. The Morgan fingerprint density at radius 3 is 2.52 bits per heavy atom. The fourth-order valence-electron chi connectivity index (χ4n) is 2.27. The molecule has 2 aromatic heterocycles. The van der Waals surface area contributed by atoms with Crippen LogP contribution in [0.15, 0.2) is 36.8 Å². The molecule has 0 saturated carbocycles. The quantitative estimate of drug-likeness (QED) is 0.679. The van der Waals surface area contributed by atoms with Crippen molar-refractivity contribution >= 4 is 10.8 Å². The molecule has 1 aromatic carbocycles. The van der Waals surface area contributed by atoms with Gasteiger partial charge in [-0.3, -0.25) is 9.67 Å². The highest BCUT2D eigenvalue weighted by Gasteiger charge is 2.12. The molecule has 3 rings (SSSR count). The van der Waals surface area contributed by atoms with E-state index in [0.29, 0.717) is 11.3 Å². The SMILES string of the molecule is CC.Cc1cccc2c(C#N)c(-c3cnn(C)c3)ncc12. The molecular weight excluding hydrogens is 260 g/mol. The van der Waals surface area contributed by atoms with Crippen molar-refractivity contribution in [2.75, 3.05) is 0 Å². The first kappa shape index (κ1) is 14.7. The molecule has 2 heterocycles. The van der Waals surface area contributed by atoms with Gasteiger partial charge in [-0.2, -0.15) is 10.4 Å². The molecule has 106 valence electrons.